The third-order valence-electron chi connectivity index (χ3n) is 5.08. The minimum atomic E-state index is -3.56. The zero-order chi connectivity index (χ0) is 25.0. The smallest absolute Gasteiger partial charge is 0.326 e. The van der Waals surface area contributed by atoms with Crippen molar-refractivity contribution in [2.45, 2.75) is 19.3 Å². The number of anilines is 2. The zero-order valence-electron chi connectivity index (χ0n) is 18.2. The number of Topliss-reactive ketones (excluding diaryl/α,β-unsaturated/α-hetero) is 1. The molecule has 2 amide bonds. The maximum atomic E-state index is 13.8. The topological polar surface area (TPSA) is 66.5 Å². The summed E-state index contributed by atoms with van der Waals surface area (Å²) in [6.07, 6.45) is -0.0507. The van der Waals surface area contributed by atoms with Gasteiger partial charge in [-0.25, -0.2) is 0 Å². The molecular formula is C25H20Cl2F2N2O3. The van der Waals surface area contributed by atoms with Crippen molar-refractivity contribution in [2.24, 2.45) is 0 Å². The number of halogens is 4. The number of alkyl halides is 2. The van der Waals surface area contributed by atoms with E-state index in [1.165, 1.54) is 17.0 Å². The molecular weight excluding hydrogens is 485 g/mol. The Hall–Kier alpha value is -3.29. The van der Waals surface area contributed by atoms with Gasteiger partial charge in [0.15, 0.2) is 0 Å². The van der Waals surface area contributed by atoms with Gasteiger partial charge in [-0.2, -0.15) is 8.78 Å². The van der Waals surface area contributed by atoms with Crippen LogP contribution >= 0.6 is 23.2 Å². The maximum Gasteiger partial charge on any atom is 0.330 e. The second kappa shape index (κ2) is 10.3. The molecule has 34 heavy (non-hydrogen) atoms. The predicted molar refractivity (Wildman–Crippen MR) is 129 cm³/mol. The number of nitrogens with zero attached hydrogens (tertiary/aromatic N) is 1. The highest BCUT2D eigenvalue weighted by Gasteiger charge is 2.37. The number of nitrogens with one attached hydrogen (secondary N) is 1. The quantitative estimate of drug-likeness (QED) is 0.420. The molecule has 0 spiro atoms. The maximum absolute atomic E-state index is 13.8. The SMILES string of the molecule is CC(=O)C(F)(F)c1ccc(CC(=O)Nc2ccc(C(=O)N(C)c3cc(Cl)cc(Cl)c3)cc2)cc1. The number of rotatable bonds is 7. The van der Waals surface area contributed by atoms with Crippen molar-refractivity contribution in [3.63, 3.8) is 0 Å². The summed E-state index contributed by atoms with van der Waals surface area (Å²) in [5.41, 5.74) is 1.48. The van der Waals surface area contributed by atoms with Crippen LogP contribution in [-0.4, -0.2) is 24.6 Å². The molecule has 9 heteroatoms. The summed E-state index contributed by atoms with van der Waals surface area (Å²) < 4.78 is 27.5. The van der Waals surface area contributed by atoms with Crippen LogP contribution in [0.3, 0.4) is 0 Å². The molecule has 0 atom stereocenters. The fraction of sp³-hybridized carbons (Fsp3) is 0.160. The van der Waals surface area contributed by atoms with Crippen LogP contribution in [0.25, 0.3) is 0 Å². The molecule has 0 aromatic heterocycles. The number of carbonyl (C=O) groups excluding carboxylic acids is 3. The summed E-state index contributed by atoms with van der Waals surface area (Å²) in [5.74, 6) is -5.47. The fourth-order valence-electron chi connectivity index (χ4n) is 3.17. The van der Waals surface area contributed by atoms with Crippen LogP contribution in [0.2, 0.25) is 10.0 Å². The van der Waals surface area contributed by atoms with E-state index in [1.807, 2.05) is 0 Å². The van der Waals surface area contributed by atoms with Crippen LogP contribution < -0.4 is 10.2 Å². The molecule has 0 aliphatic heterocycles. The molecule has 3 aromatic carbocycles. The van der Waals surface area contributed by atoms with Crippen molar-refractivity contribution in [2.75, 3.05) is 17.3 Å². The molecule has 3 rings (SSSR count). The number of hydrogen-bond donors (Lipinski definition) is 1. The Morgan fingerprint density at radius 1 is 0.912 bits per heavy atom. The van der Waals surface area contributed by atoms with Gasteiger partial charge in [0.05, 0.1) is 6.42 Å². The first-order chi connectivity index (χ1) is 16.0. The number of amides is 2. The van der Waals surface area contributed by atoms with E-state index in [0.29, 0.717) is 32.5 Å². The molecule has 0 saturated heterocycles. The van der Waals surface area contributed by atoms with Crippen molar-refractivity contribution in [1.82, 2.24) is 0 Å². The van der Waals surface area contributed by atoms with Crippen LogP contribution in [0.15, 0.2) is 66.7 Å². The summed E-state index contributed by atoms with van der Waals surface area (Å²) >= 11 is 12.0. The fourth-order valence-corrected chi connectivity index (χ4v) is 3.68. The lowest BCUT2D eigenvalue weighted by molar-refractivity contribution is -0.141. The van der Waals surface area contributed by atoms with Gasteiger partial charge in [-0.1, -0.05) is 47.5 Å². The van der Waals surface area contributed by atoms with Gasteiger partial charge >= 0.3 is 5.92 Å². The van der Waals surface area contributed by atoms with Gasteiger partial charge in [-0.15, -0.1) is 0 Å². The summed E-state index contributed by atoms with van der Waals surface area (Å²) in [7, 11) is 1.59. The third kappa shape index (κ3) is 5.98. The number of ketones is 1. The van der Waals surface area contributed by atoms with E-state index in [2.05, 4.69) is 5.32 Å². The van der Waals surface area contributed by atoms with Gasteiger partial charge < -0.3 is 10.2 Å². The Morgan fingerprint density at radius 2 is 1.47 bits per heavy atom. The van der Waals surface area contributed by atoms with E-state index in [0.717, 1.165) is 19.1 Å². The molecule has 0 aliphatic rings. The summed E-state index contributed by atoms with van der Waals surface area (Å²) in [5, 5.41) is 3.50. The highest BCUT2D eigenvalue weighted by Crippen LogP contribution is 2.29. The Bertz CT molecular complexity index is 1210. The molecule has 0 saturated carbocycles. The van der Waals surface area contributed by atoms with E-state index < -0.39 is 17.3 Å². The molecule has 0 aliphatic carbocycles. The molecule has 3 aromatic rings. The predicted octanol–water partition coefficient (Wildman–Crippen LogP) is 6.13. The van der Waals surface area contributed by atoms with Gasteiger partial charge in [0.2, 0.25) is 11.7 Å². The second-order valence-corrected chi connectivity index (χ2v) is 8.49. The van der Waals surface area contributed by atoms with Crippen LogP contribution in [0.1, 0.15) is 28.4 Å². The third-order valence-corrected chi connectivity index (χ3v) is 5.51. The van der Waals surface area contributed by atoms with Crippen molar-refractivity contribution >= 4 is 52.2 Å². The van der Waals surface area contributed by atoms with Crippen molar-refractivity contribution in [1.29, 1.82) is 0 Å². The Morgan fingerprint density at radius 3 is 2.00 bits per heavy atom. The molecule has 0 fully saturated rings. The molecule has 5 nitrogen and oxygen atoms in total. The lowest BCUT2D eigenvalue weighted by Gasteiger charge is -2.18. The molecule has 1 N–H and O–H groups in total. The van der Waals surface area contributed by atoms with E-state index in [4.69, 9.17) is 23.2 Å². The monoisotopic (exact) mass is 504 g/mol. The summed E-state index contributed by atoms with van der Waals surface area (Å²) in [6.45, 7) is 0.825. The zero-order valence-corrected chi connectivity index (χ0v) is 19.8. The van der Waals surface area contributed by atoms with Crippen LogP contribution in [-0.2, 0) is 21.9 Å². The normalized spacial score (nSPS) is 11.1. The first-order valence-corrected chi connectivity index (χ1v) is 10.9. The van der Waals surface area contributed by atoms with Crippen LogP contribution in [0.4, 0.5) is 20.2 Å². The van der Waals surface area contributed by atoms with E-state index in [-0.39, 0.29) is 18.2 Å². The average Bonchev–Trinajstić information content (AvgIpc) is 2.78. The van der Waals surface area contributed by atoms with Crippen molar-refractivity contribution < 1.29 is 23.2 Å². The lowest BCUT2D eigenvalue weighted by atomic mass is 10.0. The number of benzene rings is 3. The largest absolute Gasteiger partial charge is 0.330 e. The molecule has 0 heterocycles. The minimum absolute atomic E-state index is 0.0507. The van der Waals surface area contributed by atoms with E-state index in [1.54, 1.807) is 49.5 Å². The first kappa shape index (κ1) is 25.3. The lowest BCUT2D eigenvalue weighted by Crippen LogP contribution is -2.26. The van der Waals surface area contributed by atoms with Crippen LogP contribution in [0, 0.1) is 0 Å². The molecule has 176 valence electrons. The standard InChI is InChI=1S/C25H20Cl2F2N2O3/c1-15(32)25(28,29)18-7-3-16(4-8-18)11-23(33)30-21-9-5-17(6-10-21)24(34)31(2)22-13-19(26)12-20(27)14-22/h3-10,12-14H,11H2,1-2H3,(H,30,33). The van der Waals surface area contributed by atoms with Gasteiger partial charge in [0.25, 0.3) is 5.91 Å². The van der Waals surface area contributed by atoms with Gasteiger partial charge in [-0.05, 0) is 48.0 Å². The Labute approximate surface area is 205 Å². The summed E-state index contributed by atoms with van der Waals surface area (Å²) in [6, 6.07) is 16.1. The Kier molecular flexibility index (Phi) is 7.69. The van der Waals surface area contributed by atoms with Gasteiger partial charge in [-0.3, -0.25) is 14.4 Å². The summed E-state index contributed by atoms with van der Waals surface area (Å²) in [4.78, 5) is 37.6. The highest BCUT2D eigenvalue weighted by molar-refractivity contribution is 6.35. The van der Waals surface area contributed by atoms with E-state index >= 15 is 0 Å². The highest BCUT2D eigenvalue weighted by atomic mass is 35.5. The van der Waals surface area contributed by atoms with Gasteiger partial charge in [0.1, 0.15) is 0 Å². The molecule has 0 bridgehead atoms. The molecule has 0 radical (unpaired) electrons. The average molecular weight is 505 g/mol. The first-order valence-electron chi connectivity index (χ1n) is 10.1. The van der Waals surface area contributed by atoms with Crippen molar-refractivity contribution in [3.8, 4) is 0 Å². The Balaban J connectivity index is 1.62. The van der Waals surface area contributed by atoms with Crippen LogP contribution in [0.5, 0.6) is 0 Å². The van der Waals surface area contributed by atoms with E-state index in [9.17, 15) is 23.2 Å². The van der Waals surface area contributed by atoms with Gasteiger partial charge in [0, 0.05) is 46.5 Å². The minimum Gasteiger partial charge on any atom is -0.326 e. The second-order valence-electron chi connectivity index (χ2n) is 7.62. The number of carbonyl (C=O) groups is 3. The number of hydrogen-bond acceptors (Lipinski definition) is 3. The van der Waals surface area contributed by atoms with Crippen molar-refractivity contribution in [3.05, 3.63) is 93.5 Å². The molecule has 0 unspecified atom stereocenters.